The fourth-order valence-electron chi connectivity index (χ4n) is 3.68. The second-order valence-electron chi connectivity index (χ2n) is 7.65. The number of carbonyl (C=O) groups excluding carboxylic acids is 1. The normalized spacial score (nSPS) is 23.1. The predicted molar refractivity (Wildman–Crippen MR) is 113 cm³/mol. The van der Waals surface area contributed by atoms with E-state index in [4.69, 9.17) is 32.9 Å². The van der Waals surface area contributed by atoms with Gasteiger partial charge >= 0.3 is 6.18 Å². The molecule has 1 fully saturated rings. The zero-order valence-electron chi connectivity index (χ0n) is 16.7. The third-order valence-electron chi connectivity index (χ3n) is 5.37. The highest BCUT2D eigenvalue weighted by molar-refractivity contribution is 6.34. The lowest BCUT2D eigenvalue weighted by Crippen LogP contribution is -2.42. The Hall–Kier alpha value is -2.33. The molecule has 2 N–H and O–H groups in total. The molecule has 0 aromatic heterocycles. The van der Waals surface area contributed by atoms with Crippen LogP contribution in [-0.4, -0.2) is 37.0 Å². The van der Waals surface area contributed by atoms with E-state index < -0.39 is 18.2 Å². The van der Waals surface area contributed by atoms with Crippen molar-refractivity contribution in [2.75, 3.05) is 13.2 Å². The second kappa shape index (κ2) is 8.55. The molecule has 0 saturated carbocycles. The molecular formula is C21H18Cl2F3N3O3. The number of alkyl halides is 3. The Morgan fingerprint density at radius 2 is 1.94 bits per heavy atom. The van der Waals surface area contributed by atoms with Crippen molar-refractivity contribution >= 4 is 34.8 Å². The van der Waals surface area contributed by atoms with Gasteiger partial charge in [-0.25, -0.2) is 5.48 Å². The number of hydrogen-bond donors (Lipinski definition) is 2. The van der Waals surface area contributed by atoms with Crippen LogP contribution in [0.25, 0.3) is 0 Å². The van der Waals surface area contributed by atoms with Crippen molar-refractivity contribution < 1.29 is 27.6 Å². The van der Waals surface area contributed by atoms with Crippen molar-refractivity contribution in [2.24, 2.45) is 5.16 Å². The van der Waals surface area contributed by atoms with E-state index in [9.17, 15) is 18.0 Å². The van der Waals surface area contributed by atoms with Crippen LogP contribution < -0.4 is 10.8 Å². The maximum absolute atomic E-state index is 14.1. The van der Waals surface area contributed by atoms with Gasteiger partial charge in [0.25, 0.3) is 11.5 Å². The number of hydroxylamine groups is 1. The van der Waals surface area contributed by atoms with E-state index in [0.29, 0.717) is 29.8 Å². The monoisotopic (exact) mass is 487 g/mol. The molecule has 2 aromatic carbocycles. The summed E-state index contributed by atoms with van der Waals surface area (Å²) in [5.74, 6) is -0.297. The first kappa shape index (κ1) is 22.8. The van der Waals surface area contributed by atoms with Crippen molar-refractivity contribution in [3.63, 3.8) is 0 Å². The molecular weight excluding hydrogens is 470 g/mol. The lowest BCUT2D eigenvalue weighted by atomic mass is 9.86. The number of carbonyl (C=O) groups is 1. The van der Waals surface area contributed by atoms with Gasteiger partial charge in [-0.15, -0.1) is 0 Å². The summed E-state index contributed by atoms with van der Waals surface area (Å²) in [7, 11) is 0. The van der Waals surface area contributed by atoms with Gasteiger partial charge in [-0.05, 0) is 48.4 Å². The third-order valence-corrected chi connectivity index (χ3v) is 5.81. The molecule has 11 heteroatoms. The first-order valence-corrected chi connectivity index (χ1v) is 10.4. The molecule has 0 bridgehead atoms. The zero-order chi connectivity index (χ0) is 23.1. The molecule has 6 nitrogen and oxygen atoms in total. The summed E-state index contributed by atoms with van der Waals surface area (Å²) in [6, 6.07) is 8.22. The molecule has 1 saturated heterocycles. The van der Waals surface area contributed by atoms with Crippen LogP contribution in [0.15, 0.2) is 41.6 Å². The van der Waals surface area contributed by atoms with Crippen LogP contribution in [0.1, 0.15) is 33.5 Å². The summed E-state index contributed by atoms with van der Waals surface area (Å²) in [5.41, 5.74) is 1.24. The Morgan fingerprint density at radius 3 is 2.53 bits per heavy atom. The molecule has 0 spiro atoms. The fourth-order valence-corrected chi connectivity index (χ4v) is 4.20. The van der Waals surface area contributed by atoms with E-state index in [-0.39, 0.29) is 33.3 Å². The average Bonchev–Trinajstić information content (AvgIpc) is 3.37. The number of amides is 1. The van der Waals surface area contributed by atoms with E-state index in [1.54, 1.807) is 25.1 Å². The van der Waals surface area contributed by atoms with Gasteiger partial charge in [0.05, 0.1) is 18.4 Å². The third kappa shape index (κ3) is 4.30. The minimum absolute atomic E-state index is 0.0576. The maximum atomic E-state index is 14.1. The molecule has 0 aliphatic carbocycles. The Balaban J connectivity index is 1.59. The van der Waals surface area contributed by atoms with Crippen LogP contribution in [0.2, 0.25) is 10.0 Å². The van der Waals surface area contributed by atoms with Gasteiger partial charge in [0.15, 0.2) is 0 Å². The Bertz CT molecular complexity index is 1070. The molecule has 170 valence electrons. The van der Waals surface area contributed by atoms with Crippen LogP contribution in [-0.2, 0) is 15.3 Å². The SMILES string of the molecule is Cc1cc(C2=NO[C@@](c3cc(Cl)cc(Cl)c3)(C(F)(F)F)C2)ccc1C(=O)N[C@@H]1CNOC1. The van der Waals surface area contributed by atoms with Crippen molar-refractivity contribution in [2.45, 2.75) is 31.2 Å². The number of nitrogens with zero attached hydrogens (tertiary/aromatic N) is 1. The molecule has 1 amide bonds. The number of rotatable bonds is 4. The van der Waals surface area contributed by atoms with Gasteiger partial charge in [0, 0.05) is 34.1 Å². The van der Waals surface area contributed by atoms with Crippen molar-refractivity contribution in [1.29, 1.82) is 0 Å². The molecule has 0 unspecified atom stereocenters. The second-order valence-corrected chi connectivity index (χ2v) is 8.52. The molecule has 4 rings (SSSR count). The number of aryl methyl sites for hydroxylation is 1. The Labute approximate surface area is 191 Å². The van der Waals surface area contributed by atoms with Crippen molar-refractivity contribution in [3.8, 4) is 0 Å². The number of benzene rings is 2. The first-order valence-electron chi connectivity index (χ1n) is 9.64. The summed E-state index contributed by atoms with van der Waals surface area (Å²) < 4.78 is 42.4. The number of halogens is 5. The standard InChI is InChI=1S/C21H18Cl2F3N3O3/c1-11-4-12(2-3-17(11)19(30)28-16-9-27-31-10-16)18-8-20(32-29-18,21(24,25)26)13-5-14(22)7-15(23)6-13/h2-7,16,27H,8-10H2,1H3,(H,28,30)/t16-,20+/m1/s1. The van der Waals surface area contributed by atoms with Gasteiger partial charge in [0.1, 0.15) is 0 Å². The van der Waals surface area contributed by atoms with Gasteiger partial charge in [-0.2, -0.15) is 13.2 Å². The minimum Gasteiger partial charge on any atom is -0.374 e. The molecule has 2 aliphatic rings. The molecule has 0 radical (unpaired) electrons. The van der Waals surface area contributed by atoms with E-state index in [2.05, 4.69) is 16.0 Å². The lowest BCUT2D eigenvalue weighted by molar-refractivity contribution is -0.275. The first-order chi connectivity index (χ1) is 15.1. The summed E-state index contributed by atoms with van der Waals surface area (Å²) in [6.07, 6.45) is -5.35. The molecule has 2 aromatic rings. The topological polar surface area (TPSA) is 72.0 Å². The zero-order valence-corrected chi connectivity index (χ0v) is 18.2. The lowest BCUT2D eigenvalue weighted by Gasteiger charge is -2.29. The summed E-state index contributed by atoms with van der Waals surface area (Å²) >= 11 is 11.9. The van der Waals surface area contributed by atoms with Gasteiger partial charge in [0.2, 0.25) is 0 Å². The quantitative estimate of drug-likeness (QED) is 0.665. The van der Waals surface area contributed by atoms with Crippen LogP contribution in [0.3, 0.4) is 0 Å². The van der Waals surface area contributed by atoms with E-state index in [1.165, 1.54) is 18.2 Å². The number of oxime groups is 1. The molecule has 2 aliphatic heterocycles. The maximum Gasteiger partial charge on any atom is 0.435 e. The molecule has 32 heavy (non-hydrogen) atoms. The molecule has 2 heterocycles. The highest BCUT2D eigenvalue weighted by Crippen LogP contribution is 2.49. The Morgan fingerprint density at radius 1 is 1.22 bits per heavy atom. The van der Waals surface area contributed by atoms with E-state index in [1.807, 2.05) is 0 Å². The van der Waals surface area contributed by atoms with E-state index in [0.717, 1.165) is 0 Å². The minimum atomic E-state index is -4.78. The summed E-state index contributed by atoms with van der Waals surface area (Å²) in [4.78, 5) is 22.5. The smallest absolute Gasteiger partial charge is 0.374 e. The van der Waals surface area contributed by atoms with Crippen molar-refractivity contribution in [3.05, 3.63) is 68.7 Å². The van der Waals surface area contributed by atoms with Crippen LogP contribution in [0.5, 0.6) is 0 Å². The van der Waals surface area contributed by atoms with Crippen LogP contribution in [0, 0.1) is 6.92 Å². The van der Waals surface area contributed by atoms with Crippen LogP contribution >= 0.6 is 23.2 Å². The average molecular weight is 488 g/mol. The molecule has 2 atom stereocenters. The van der Waals surface area contributed by atoms with Crippen molar-refractivity contribution in [1.82, 2.24) is 10.8 Å². The van der Waals surface area contributed by atoms with E-state index >= 15 is 0 Å². The van der Waals surface area contributed by atoms with Gasteiger partial charge < -0.3 is 10.2 Å². The summed E-state index contributed by atoms with van der Waals surface area (Å²) in [6.45, 7) is 2.54. The van der Waals surface area contributed by atoms with Gasteiger partial charge in [-0.3, -0.25) is 9.63 Å². The number of nitrogens with one attached hydrogen (secondary N) is 2. The predicted octanol–water partition coefficient (Wildman–Crippen LogP) is 4.52. The number of hydrogen-bond acceptors (Lipinski definition) is 5. The van der Waals surface area contributed by atoms with Gasteiger partial charge in [-0.1, -0.05) is 34.4 Å². The fraction of sp³-hybridized carbons (Fsp3) is 0.333. The van der Waals surface area contributed by atoms with Crippen LogP contribution in [0.4, 0.5) is 13.2 Å². The Kier molecular flexibility index (Phi) is 6.10. The highest BCUT2D eigenvalue weighted by atomic mass is 35.5. The summed E-state index contributed by atoms with van der Waals surface area (Å²) in [5, 5.41) is 6.70. The highest BCUT2D eigenvalue weighted by Gasteiger charge is 2.62. The largest absolute Gasteiger partial charge is 0.435 e.